The SMILES string of the molecule is CCCCC(=O)O[C@@H](C)C(=O)Nc1cc2oc3ccccc3c2cc1OC. The van der Waals surface area contributed by atoms with Crippen LogP contribution in [0.5, 0.6) is 5.75 Å². The van der Waals surface area contributed by atoms with Crippen LogP contribution in [0, 0.1) is 0 Å². The van der Waals surface area contributed by atoms with Gasteiger partial charge >= 0.3 is 5.97 Å². The molecule has 142 valence electrons. The third-order valence-electron chi connectivity index (χ3n) is 4.37. The molecule has 0 saturated carbocycles. The molecule has 0 aliphatic heterocycles. The summed E-state index contributed by atoms with van der Waals surface area (Å²) in [5.74, 6) is -0.292. The number of unbranched alkanes of at least 4 members (excludes halogenated alkanes) is 1. The number of carbonyl (C=O) groups excluding carboxylic acids is 2. The van der Waals surface area contributed by atoms with Crippen LogP contribution in [0.3, 0.4) is 0 Å². The zero-order valence-electron chi connectivity index (χ0n) is 15.7. The van der Waals surface area contributed by atoms with Crippen molar-refractivity contribution in [3.63, 3.8) is 0 Å². The van der Waals surface area contributed by atoms with Crippen molar-refractivity contribution in [1.82, 2.24) is 0 Å². The van der Waals surface area contributed by atoms with Gasteiger partial charge in [0.25, 0.3) is 5.91 Å². The third-order valence-corrected chi connectivity index (χ3v) is 4.37. The van der Waals surface area contributed by atoms with E-state index in [9.17, 15) is 9.59 Å². The minimum Gasteiger partial charge on any atom is -0.495 e. The van der Waals surface area contributed by atoms with E-state index in [1.807, 2.05) is 37.3 Å². The van der Waals surface area contributed by atoms with Gasteiger partial charge in [-0.05, 0) is 25.5 Å². The minimum atomic E-state index is -0.898. The van der Waals surface area contributed by atoms with Crippen LogP contribution in [-0.2, 0) is 14.3 Å². The molecule has 0 bridgehead atoms. The first kappa shape index (κ1) is 18.8. The Hall–Kier alpha value is -3.02. The highest BCUT2D eigenvalue weighted by Crippen LogP contribution is 2.36. The number of amides is 1. The quantitative estimate of drug-likeness (QED) is 0.613. The van der Waals surface area contributed by atoms with Crippen molar-refractivity contribution >= 4 is 39.5 Å². The zero-order valence-corrected chi connectivity index (χ0v) is 15.7. The second kappa shape index (κ2) is 8.12. The number of hydrogen-bond acceptors (Lipinski definition) is 5. The average Bonchev–Trinajstić information content (AvgIpc) is 3.02. The number of methoxy groups -OCH3 is 1. The van der Waals surface area contributed by atoms with Crippen molar-refractivity contribution < 1.29 is 23.5 Å². The molecule has 27 heavy (non-hydrogen) atoms. The van der Waals surface area contributed by atoms with Crippen LogP contribution in [0.4, 0.5) is 5.69 Å². The van der Waals surface area contributed by atoms with Crippen LogP contribution in [0.25, 0.3) is 21.9 Å². The Bertz CT molecular complexity index is 975. The Morgan fingerprint density at radius 1 is 1.15 bits per heavy atom. The number of ether oxygens (including phenoxy) is 2. The molecule has 1 aromatic heterocycles. The Labute approximate surface area is 157 Å². The van der Waals surface area contributed by atoms with E-state index in [-0.39, 0.29) is 5.97 Å². The number of rotatable bonds is 7. The van der Waals surface area contributed by atoms with E-state index in [1.165, 1.54) is 7.11 Å². The molecule has 0 saturated heterocycles. The number of anilines is 1. The largest absolute Gasteiger partial charge is 0.495 e. The van der Waals surface area contributed by atoms with E-state index in [0.717, 1.165) is 29.2 Å². The summed E-state index contributed by atoms with van der Waals surface area (Å²) in [5, 5.41) is 4.63. The molecule has 0 fully saturated rings. The van der Waals surface area contributed by atoms with Gasteiger partial charge in [0, 0.05) is 23.3 Å². The van der Waals surface area contributed by atoms with Gasteiger partial charge in [0.05, 0.1) is 12.8 Å². The van der Waals surface area contributed by atoms with Crippen LogP contribution >= 0.6 is 0 Å². The monoisotopic (exact) mass is 369 g/mol. The van der Waals surface area contributed by atoms with E-state index in [0.29, 0.717) is 23.4 Å². The summed E-state index contributed by atoms with van der Waals surface area (Å²) in [4.78, 5) is 24.1. The Kier molecular flexibility index (Phi) is 5.64. The van der Waals surface area contributed by atoms with Crippen LogP contribution in [-0.4, -0.2) is 25.1 Å². The lowest BCUT2D eigenvalue weighted by Crippen LogP contribution is -2.30. The number of furan rings is 1. The van der Waals surface area contributed by atoms with E-state index in [1.54, 1.807) is 13.0 Å². The molecule has 0 unspecified atom stereocenters. The molecule has 0 aliphatic rings. The summed E-state index contributed by atoms with van der Waals surface area (Å²) in [7, 11) is 1.54. The van der Waals surface area contributed by atoms with Crippen LogP contribution in [0.2, 0.25) is 0 Å². The standard InChI is InChI=1S/C21H23NO5/c1-4-5-10-20(23)26-13(2)21(24)22-16-12-18-15(11-19(16)25-3)14-8-6-7-9-17(14)27-18/h6-9,11-13H,4-5,10H2,1-3H3,(H,22,24)/t13-/m0/s1. The first-order valence-electron chi connectivity index (χ1n) is 9.03. The second-order valence-electron chi connectivity index (χ2n) is 6.37. The number of para-hydroxylation sites is 1. The van der Waals surface area contributed by atoms with Crippen molar-refractivity contribution in [1.29, 1.82) is 0 Å². The first-order valence-corrected chi connectivity index (χ1v) is 9.03. The maximum Gasteiger partial charge on any atom is 0.306 e. The van der Waals surface area contributed by atoms with E-state index < -0.39 is 12.0 Å². The highest BCUT2D eigenvalue weighted by molar-refractivity contribution is 6.08. The van der Waals surface area contributed by atoms with E-state index >= 15 is 0 Å². The van der Waals surface area contributed by atoms with E-state index in [2.05, 4.69) is 5.32 Å². The van der Waals surface area contributed by atoms with Gasteiger partial charge in [0.2, 0.25) is 0 Å². The molecule has 1 heterocycles. The Balaban J connectivity index is 1.82. The minimum absolute atomic E-state index is 0.308. The average molecular weight is 369 g/mol. The van der Waals surface area contributed by atoms with Gasteiger partial charge in [-0.25, -0.2) is 0 Å². The van der Waals surface area contributed by atoms with Crippen LogP contribution in [0.15, 0.2) is 40.8 Å². The van der Waals surface area contributed by atoms with Crippen molar-refractivity contribution in [3.8, 4) is 5.75 Å². The van der Waals surface area contributed by atoms with Crippen LogP contribution in [0.1, 0.15) is 33.1 Å². The number of carbonyl (C=O) groups is 2. The number of esters is 1. The highest BCUT2D eigenvalue weighted by Gasteiger charge is 2.20. The molecule has 0 aliphatic carbocycles. The number of fused-ring (bicyclic) bond motifs is 3. The summed E-state index contributed by atoms with van der Waals surface area (Å²) >= 11 is 0. The number of benzene rings is 2. The van der Waals surface area contributed by atoms with Gasteiger partial charge in [0.15, 0.2) is 6.10 Å². The molecule has 3 aromatic rings. The highest BCUT2D eigenvalue weighted by atomic mass is 16.5. The molecule has 3 rings (SSSR count). The zero-order chi connectivity index (χ0) is 19.4. The normalized spacial score (nSPS) is 12.1. The predicted octanol–water partition coefficient (Wildman–Crippen LogP) is 4.66. The van der Waals surface area contributed by atoms with Crippen molar-refractivity contribution in [2.24, 2.45) is 0 Å². The fraction of sp³-hybridized carbons (Fsp3) is 0.333. The molecular formula is C21H23NO5. The second-order valence-corrected chi connectivity index (χ2v) is 6.37. The molecule has 1 amide bonds. The van der Waals surface area contributed by atoms with Crippen molar-refractivity contribution in [3.05, 3.63) is 36.4 Å². The molecule has 0 spiro atoms. The van der Waals surface area contributed by atoms with Gasteiger partial charge in [-0.1, -0.05) is 31.5 Å². The number of nitrogens with one attached hydrogen (secondary N) is 1. The molecule has 6 nitrogen and oxygen atoms in total. The predicted molar refractivity (Wildman–Crippen MR) is 104 cm³/mol. The summed E-state index contributed by atoms with van der Waals surface area (Å²) in [6.45, 7) is 3.54. The third kappa shape index (κ3) is 4.05. The Morgan fingerprint density at radius 3 is 2.67 bits per heavy atom. The lowest BCUT2D eigenvalue weighted by molar-refractivity contribution is -0.153. The van der Waals surface area contributed by atoms with Crippen molar-refractivity contribution in [2.75, 3.05) is 12.4 Å². The molecule has 1 N–H and O–H groups in total. The van der Waals surface area contributed by atoms with Gasteiger partial charge in [-0.2, -0.15) is 0 Å². The molecule has 6 heteroatoms. The first-order chi connectivity index (χ1) is 13.0. The fourth-order valence-electron chi connectivity index (χ4n) is 2.88. The summed E-state index contributed by atoms with van der Waals surface area (Å²) in [6, 6.07) is 11.2. The molecule has 2 aromatic carbocycles. The lowest BCUT2D eigenvalue weighted by Gasteiger charge is -2.15. The lowest BCUT2D eigenvalue weighted by atomic mass is 10.1. The smallest absolute Gasteiger partial charge is 0.306 e. The van der Waals surface area contributed by atoms with Crippen molar-refractivity contribution in [2.45, 2.75) is 39.2 Å². The maximum atomic E-state index is 12.4. The summed E-state index contributed by atoms with van der Waals surface area (Å²) in [6.07, 6.45) is 1.04. The van der Waals surface area contributed by atoms with Crippen LogP contribution < -0.4 is 10.1 Å². The van der Waals surface area contributed by atoms with E-state index in [4.69, 9.17) is 13.9 Å². The van der Waals surface area contributed by atoms with Gasteiger partial charge in [-0.3, -0.25) is 9.59 Å². The number of hydrogen-bond donors (Lipinski definition) is 1. The summed E-state index contributed by atoms with van der Waals surface area (Å²) < 4.78 is 16.5. The molecule has 0 radical (unpaired) electrons. The van der Waals surface area contributed by atoms with Gasteiger partial charge in [-0.15, -0.1) is 0 Å². The fourth-order valence-corrected chi connectivity index (χ4v) is 2.88. The van der Waals surface area contributed by atoms with Gasteiger partial charge in [0.1, 0.15) is 16.9 Å². The Morgan fingerprint density at radius 2 is 1.93 bits per heavy atom. The maximum absolute atomic E-state index is 12.4. The summed E-state index contributed by atoms with van der Waals surface area (Å²) in [5.41, 5.74) is 1.86. The topological polar surface area (TPSA) is 77.8 Å². The molecular weight excluding hydrogens is 346 g/mol. The van der Waals surface area contributed by atoms with Gasteiger partial charge < -0.3 is 19.2 Å². The molecule has 1 atom stereocenters.